The lowest BCUT2D eigenvalue weighted by Crippen LogP contribution is -2.40. The lowest BCUT2D eigenvalue weighted by Gasteiger charge is -2.17. The smallest absolute Gasteiger partial charge is 0.340 e. The number of amides is 1. The van der Waals surface area contributed by atoms with Gasteiger partial charge in [0.25, 0.3) is 5.91 Å². The molecule has 0 bridgehead atoms. The number of carbonyl (C=O) groups is 2. The highest BCUT2D eigenvalue weighted by atomic mass is 16.5. The van der Waals surface area contributed by atoms with Crippen LogP contribution in [0.1, 0.15) is 43.0 Å². The molecule has 0 unspecified atom stereocenters. The van der Waals surface area contributed by atoms with E-state index in [4.69, 9.17) is 4.74 Å². The molecule has 1 aliphatic rings. The Labute approximate surface area is 112 Å². The van der Waals surface area contributed by atoms with Crippen molar-refractivity contribution in [1.82, 2.24) is 10.3 Å². The van der Waals surface area contributed by atoms with Crippen molar-refractivity contribution in [3.05, 3.63) is 30.1 Å². The number of aromatic nitrogens is 1. The molecule has 5 nitrogen and oxygen atoms in total. The van der Waals surface area contributed by atoms with Crippen molar-refractivity contribution in [3.8, 4) is 0 Å². The molecule has 0 aliphatic heterocycles. The van der Waals surface area contributed by atoms with E-state index >= 15 is 0 Å². The number of rotatable bonds is 4. The molecule has 1 heterocycles. The first-order valence-corrected chi connectivity index (χ1v) is 6.58. The van der Waals surface area contributed by atoms with E-state index in [2.05, 4.69) is 10.3 Å². The van der Waals surface area contributed by atoms with Gasteiger partial charge in [-0.05, 0) is 31.9 Å². The average Bonchev–Trinajstić information content (AvgIpc) is 2.92. The van der Waals surface area contributed by atoms with Crippen LogP contribution in [-0.4, -0.2) is 29.0 Å². The van der Waals surface area contributed by atoms with Gasteiger partial charge >= 0.3 is 5.97 Å². The van der Waals surface area contributed by atoms with Crippen LogP contribution < -0.4 is 5.32 Å². The van der Waals surface area contributed by atoms with Crippen LogP contribution in [0.15, 0.2) is 24.5 Å². The van der Waals surface area contributed by atoms with E-state index in [0.29, 0.717) is 5.56 Å². The first-order chi connectivity index (χ1) is 9.16. The summed E-state index contributed by atoms with van der Waals surface area (Å²) >= 11 is 0. The number of ether oxygens (including phenoxy) is 1. The van der Waals surface area contributed by atoms with Crippen LogP contribution in [0.4, 0.5) is 0 Å². The van der Waals surface area contributed by atoms with Crippen molar-refractivity contribution in [3.63, 3.8) is 0 Å². The van der Waals surface area contributed by atoms with E-state index in [1.165, 1.54) is 6.20 Å². The molecule has 1 aliphatic carbocycles. The zero-order valence-electron chi connectivity index (χ0n) is 11.0. The second-order valence-electron chi connectivity index (χ2n) is 4.78. The summed E-state index contributed by atoms with van der Waals surface area (Å²) in [6.45, 7) is 1.58. The van der Waals surface area contributed by atoms with Crippen LogP contribution >= 0.6 is 0 Å². The van der Waals surface area contributed by atoms with Gasteiger partial charge in [0.2, 0.25) is 0 Å². The molecule has 1 saturated carbocycles. The number of hydrogen-bond acceptors (Lipinski definition) is 4. The SMILES string of the molecule is C[C@@H](OC(=O)c1cccnc1)C(=O)NC1CCCC1. The maximum Gasteiger partial charge on any atom is 0.340 e. The van der Waals surface area contributed by atoms with E-state index in [1.807, 2.05) is 0 Å². The van der Waals surface area contributed by atoms with Gasteiger partial charge in [-0.1, -0.05) is 12.8 Å². The highest BCUT2D eigenvalue weighted by molar-refractivity contribution is 5.91. The summed E-state index contributed by atoms with van der Waals surface area (Å²) in [5.41, 5.74) is 0.350. The second kappa shape index (κ2) is 6.31. The van der Waals surface area contributed by atoms with Crippen molar-refractivity contribution >= 4 is 11.9 Å². The quantitative estimate of drug-likeness (QED) is 0.838. The number of nitrogens with zero attached hydrogens (tertiary/aromatic N) is 1. The van der Waals surface area contributed by atoms with Crippen LogP contribution in [0.5, 0.6) is 0 Å². The second-order valence-corrected chi connectivity index (χ2v) is 4.78. The van der Waals surface area contributed by atoms with Gasteiger partial charge in [0.1, 0.15) is 0 Å². The zero-order valence-corrected chi connectivity index (χ0v) is 11.0. The molecule has 19 heavy (non-hydrogen) atoms. The summed E-state index contributed by atoms with van der Waals surface area (Å²) < 4.78 is 5.12. The lowest BCUT2D eigenvalue weighted by molar-refractivity contribution is -0.129. The largest absolute Gasteiger partial charge is 0.449 e. The lowest BCUT2D eigenvalue weighted by atomic mass is 10.2. The normalized spacial score (nSPS) is 16.9. The van der Waals surface area contributed by atoms with E-state index in [1.54, 1.807) is 25.3 Å². The topological polar surface area (TPSA) is 68.3 Å². The van der Waals surface area contributed by atoms with E-state index < -0.39 is 12.1 Å². The average molecular weight is 262 g/mol. The van der Waals surface area contributed by atoms with Crippen LogP contribution in [0.2, 0.25) is 0 Å². The van der Waals surface area contributed by atoms with Gasteiger partial charge in [-0.15, -0.1) is 0 Å². The standard InChI is InChI=1S/C14H18N2O3/c1-10(13(17)16-12-6-2-3-7-12)19-14(18)11-5-4-8-15-9-11/h4-5,8-10,12H,2-3,6-7H2,1H3,(H,16,17)/t10-/m1/s1. The van der Waals surface area contributed by atoms with Crippen molar-refractivity contribution in [1.29, 1.82) is 0 Å². The Kier molecular flexibility index (Phi) is 4.49. The first-order valence-electron chi connectivity index (χ1n) is 6.58. The molecule has 1 aromatic heterocycles. The molecule has 1 atom stereocenters. The third kappa shape index (κ3) is 3.77. The minimum absolute atomic E-state index is 0.229. The monoisotopic (exact) mass is 262 g/mol. The minimum atomic E-state index is -0.784. The summed E-state index contributed by atoms with van der Waals surface area (Å²) in [5.74, 6) is -0.758. The number of hydrogen-bond donors (Lipinski definition) is 1. The summed E-state index contributed by atoms with van der Waals surface area (Å²) in [4.78, 5) is 27.5. The fraction of sp³-hybridized carbons (Fsp3) is 0.500. The molecule has 1 N–H and O–H groups in total. The Bertz CT molecular complexity index is 441. The zero-order chi connectivity index (χ0) is 13.7. The van der Waals surface area contributed by atoms with Crippen LogP contribution in [-0.2, 0) is 9.53 Å². The Balaban J connectivity index is 1.84. The fourth-order valence-electron chi connectivity index (χ4n) is 2.15. The number of esters is 1. The Hall–Kier alpha value is -1.91. The van der Waals surface area contributed by atoms with Gasteiger partial charge in [-0.25, -0.2) is 4.79 Å². The van der Waals surface area contributed by atoms with Crippen molar-refractivity contribution in [2.45, 2.75) is 44.8 Å². The molecule has 0 radical (unpaired) electrons. The van der Waals surface area contributed by atoms with Gasteiger partial charge in [-0.2, -0.15) is 0 Å². The summed E-state index contributed by atoms with van der Waals surface area (Å²) in [6.07, 6.45) is 6.53. The maximum absolute atomic E-state index is 11.9. The number of nitrogens with one attached hydrogen (secondary N) is 1. The molecule has 5 heteroatoms. The summed E-state index contributed by atoms with van der Waals surface area (Å²) in [7, 11) is 0. The van der Waals surface area contributed by atoms with Crippen molar-refractivity contribution in [2.75, 3.05) is 0 Å². The molecule has 0 aromatic carbocycles. The van der Waals surface area contributed by atoms with Crippen LogP contribution in [0, 0.1) is 0 Å². The van der Waals surface area contributed by atoms with Crippen molar-refractivity contribution in [2.24, 2.45) is 0 Å². The molecule has 1 fully saturated rings. The van der Waals surface area contributed by atoms with Crippen LogP contribution in [0.3, 0.4) is 0 Å². The number of pyridine rings is 1. The molecule has 0 saturated heterocycles. The fourth-order valence-corrected chi connectivity index (χ4v) is 2.15. The molecule has 2 rings (SSSR count). The molecule has 102 valence electrons. The van der Waals surface area contributed by atoms with Gasteiger partial charge in [-0.3, -0.25) is 9.78 Å². The van der Waals surface area contributed by atoms with Crippen LogP contribution in [0.25, 0.3) is 0 Å². The predicted molar refractivity (Wildman–Crippen MR) is 69.5 cm³/mol. The first kappa shape index (κ1) is 13.5. The Morgan fingerprint density at radius 1 is 1.42 bits per heavy atom. The molecule has 0 spiro atoms. The third-order valence-corrected chi connectivity index (χ3v) is 3.25. The highest BCUT2D eigenvalue weighted by Crippen LogP contribution is 2.17. The maximum atomic E-state index is 11.9. The summed E-state index contributed by atoms with van der Waals surface area (Å²) in [5, 5.41) is 2.90. The Morgan fingerprint density at radius 3 is 2.79 bits per heavy atom. The molecular weight excluding hydrogens is 244 g/mol. The molecule has 1 aromatic rings. The third-order valence-electron chi connectivity index (χ3n) is 3.25. The molecule has 1 amide bonds. The van der Waals surface area contributed by atoms with Gasteiger partial charge < -0.3 is 10.1 Å². The number of carbonyl (C=O) groups excluding carboxylic acids is 2. The minimum Gasteiger partial charge on any atom is -0.449 e. The predicted octanol–water partition coefficient (Wildman–Crippen LogP) is 1.69. The van der Waals surface area contributed by atoms with Gasteiger partial charge in [0, 0.05) is 18.4 Å². The Morgan fingerprint density at radius 2 is 2.16 bits per heavy atom. The van der Waals surface area contributed by atoms with E-state index in [9.17, 15) is 9.59 Å². The van der Waals surface area contributed by atoms with Gasteiger partial charge in [0.05, 0.1) is 5.56 Å². The van der Waals surface area contributed by atoms with E-state index in [0.717, 1.165) is 25.7 Å². The van der Waals surface area contributed by atoms with E-state index in [-0.39, 0.29) is 11.9 Å². The molecular formula is C14H18N2O3. The summed E-state index contributed by atoms with van der Waals surface area (Å²) in [6, 6.07) is 3.49. The van der Waals surface area contributed by atoms with Gasteiger partial charge in [0.15, 0.2) is 6.10 Å². The van der Waals surface area contributed by atoms with Crippen molar-refractivity contribution < 1.29 is 14.3 Å². The highest BCUT2D eigenvalue weighted by Gasteiger charge is 2.23.